The van der Waals surface area contributed by atoms with Gasteiger partial charge in [0.2, 0.25) is 11.8 Å². The normalized spacial score (nSPS) is 10.4. The molecular weight excluding hydrogens is 290 g/mol. The van der Waals surface area contributed by atoms with Gasteiger partial charge >= 0.3 is 0 Å². The van der Waals surface area contributed by atoms with Crippen molar-refractivity contribution < 1.29 is 14.1 Å². The summed E-state index contributed by atoms with van der Waals surface area (Å²) < 4.78 is 10.3. The maximum atomic E-state index is 11.8. The van der Waals surface area contributed by atoms with E-state index in [1.165, 1.54) is 11.8 Å². The number of thioether (sulfide) groups is 1. The molecule has 1 heterocycles. The van der Waals surface area contributed by atoms with Crippen molar-refractivity contribution in [1.29, 1.82) is 0 Å². The Morgan fingerprint density at radius 2 is 2.29 bits per heavy atom. The van der Waals surface area contributed by atoms with Crippen molar-refractivity contribution in [2.45, 2.75) is 18.7 Å². The van der Waals surface area contributed by atoms with Crippen molar-refractivity contribution in [3.05, 3.63) is 30.0 Å². The van der Waals surface area contributed by atoms with Crippen LogP contribution >= 0.6 is 11.8 Å². The van der Waals surface area contributed by atoms with Crippen LogP contribution in [-0.4, -0.2) is 23.4 Å². The SMILES string of the molecule is CCOc1ccc(N)c(SCC(=O)Nc2cc(C)no2)c1. The molecule has 0 radical (unpaired) electrons. The Labute approximate surface area is 127 Å². The van der Waals surface area contributed by atoms with Crippen LogP contribution in [0.4, 0.5) is 11.6 Å². The van der Waals surface area contributed by atoms with Crippen LogP contribution in [0.2, 0.25) is 0 Å². The van der Waals surface area contributed by atoms with E-state index in [0.29, 0.717) is 23.9 Å². The topological polar surface area (TPSA) is 90.4 Å². The first-order valence-electron chi connectivity index (χ1n) is 6.46. The number of rotatable bonds is 6. The van der Waals surface area contributed by atoms with E-state index in [0.717, 1.165) is 10.6 Å². The number of nitrogen functional groups attached to an aromatic ring is 1. The Bertz CT molecular complexity index is 628. The zero-order valence-corrected chi connectivity index (χ0v) is 12.7. The maximum absolute atomic E-state index is 11.8. The number of aryl methyl sites for hydroxylation is 1. The van der Waals surface area contributed by atoms with Crippen LogP contribution in [0.1, 0.15) is 12.6 Å². The summed E-state index contributed by atoms with van der Waals surface area (Å²) in [6, 6.07) is 7.06. The first-order chi connectivity index (χ1) is 10.1. The average Bonchev–Trinajstić information content (AvgIpc) is 2.85. The number of benzene rings is 1. The van der Waals surface area contributed by atoms with E-state index in [-0.39, 0.29) is 11.7 Å². The van der Waals surface area contributed by atoms with Crippen LogP contribution in [0.3, 0.4) is 0 Å². The second-order valence-corrected chi connectivity index (χ2v) is 5.32. The fraction of sp³-hybridized carbons (Fsp3) is 0.286. The number of hydrogen-bond acceptors (Lipinski definition) is 6. The van der Waals surface area contributed by atoms with Crippen molar-refractivity contribution in [1.82, 2.24) is 5.16 Å². The van der Waals surface area contributed by atoms with Gasteiger partial charge in [0.25, 0.3) is 0 Å². The van der Waals surface area contributed by atoms with E-state index in [9.17, 15) is 4.79 Å². The Morgan fingerprint density at radius 1 is 1.48 bits per heavy atom. The molecule has 0 atom stereocenters. The number of nitrogens with zero attached hydrogens (tertiary/aromatic N) is 1. The van der Waals surface area contributed by atoms with Gasteiger partial charge in [0, 0.05) is 16.6 Å². The molecule has 7 heteroatoms. The van der Waals surface area contributed by atoms with Gasteiger partial charge in [-0.2, -0.15) is 0 Å². The van der Waals surface area contributed by atoms with Gasteiger partial charge < -0.3 is 15.0 Å². The van der Waals surface area contributed by atoms with Gasteiger partial charge in [0.05, 0.1) is 18.1 Å². The lowest BCUT2D eigenvalue weighted by Crippen LogP contribution is -2.13. The summed E-state index contributed by atoms with van der Waals surface area (Å²) in [5.41, 5.74) is 7.22. The fourth-order valence-corrected chi connectivity index (χ4v) is 2.43. The van der Waals surface area contributed by atoms with Crippen molar-refractivity contribution in [3.63, 3.8) is 0 Å². The molecule has 2 aromatic rings. The Hall–Kier alpha value is -2.15. The summed E-state index contributed by atoms with van der Waals surface area (Å²) in [5.74, 6) is 1.12. The highest BCUT2D eigenvalue weighted by molar-refractivity contribution is 8.00. The lowest BCUT2D eigenvalue weighted by molar-refractivity contribution is -0.113. The molecule has 3 N–H and O–H groups in total. The number of carbonyl (C=O) groups excluding carboxylic acids is 1. The standard InChI is InChI=1S/C14H17N3O3S/c1-3-19-10-4-5-11(15)12(7-10)21-8-13(18)16-14-6-9(2)17-20-14/h4-7H,3,8,15H2,1-2H3,(H,16,18). The summed E-state index contributed by atoms with van der Waals surface area (Å²) in [7, 11) is 0. The van der Waals surface area contributed by atoms with E-state index in [1.54, 1.807) is 25.1 Å². The van der Waals surface area contributed by atoms with Crippen LogP contribution in [0.25, 0.3) is 0 Å². The van der Waals surface area contributed by atoms with Crippen molar-refractivity contribution >= 4 is 29.2 Å². The maximum Gasteiger partial charge on any atom is 0.237 e. The number of amides is 1. The van der Waals surface area contributed by atoms with Crippen LogP contribution in [-0.2, 0) is 4.79 Å². The molecule has 0 fully saturated rings. The fourth-order valence-electron chi connectivity index (χ4n) is 1.64. The Morgan fingerprint density at radius 3 is 2.95 bits per heavy atom. The quantitative estimate of drug-likeness (QED) is 0.630. The molecular formula is C14H17N3O3S. The number of anilines is 2. The molecule has 1 aromatic carbocycles. The Balaban J connectivity index is 1.92. The van der Waals surface area contributed by atoms with Gasteiger partial charge in [0.15, 0.2) is 0 Å². The average molecular weight is 307 g/mol. The molecule has 21 heavy (non-hydrogen) atoms. The second-order valence-electron chi connectivity index (χ2n) is 4.30. The molecule has 0 saturated heterocycles. The molecule has 112 valence electrons. The van der Waals surface area contributed by atoms with Crippen molar-refractivity contribution in [3.8, 4) is 5.75 Å². The van der Waals surface area contributed by atoms with Crippen molar-refractivity contribution in [2.75, 3.05) is 23.4 Å². The molecule has 0 spiro atoms. The summed E-state index contributed by atoms with van der Waals surface area (Å²) in [4.78, 5) is 12.6. The first kappa shape index (κ1) is 15.2. The highest BCUT2D eigenvalue weighted by atomic mass is 32.2. The molecule has 0 unspecified atom stereocenters. The smallest absolute Gasteiger partial charge is 0.237 e. The van der Waals surface area contributed by atoms with Crippen LogP contribution in [0, 0.1) is 6.92 Å². The predicted octanol–water partition coefficient (Wildman–Crippen LogP) is 2.69. The predicted molar refractivity (Wildman–Crippen MR) is 82.6 cm³/mol. The number of carbonyl (C=O) groups is 1. The van der Waals surface area contributed by atoms with Crippen LogP contribution < -0.4 is 15.8 Å². The van der Waals surface area contributed by atoms with Gasteiger partial charge in [0.1, 0.15) is 5.75 Å². The van der Waals surface area contributed by atoms with Crippen molar-refractivity contribution in [2.24, 2.45) is 0 Å². The Kier molecular flexibility index (Phi) is 5.10. The number of nitrogens with one attached hydrogen (secondary N) is 1. The number of aromatic nitrogens is 1. The van der Waals surface area contributed by atoms with E-state index in [2.05, 4.69) is 10.5 Å². The number of ether oxygens (including phenoxy) is 1. The van der Waals surface area contributed by atoms with Gasteiger partial charge in [-0.3, -0.25) is 10.1 Å². The molecule has 2 rings (SSSR count). The molecule has 0 bridgehead atoms. The van der Waals surface area contributed by atoms with Gasteiger partial charge in [-0.25, -0.2) is 0 Å². The summed E-state index contributed by atoms with van der Waals surface area (Å²) in [5, 5.41) is 6.33. The highest BCUT2D eigenvalue weighted by Gasteiger charge is 2.09. The number of hydrogen-bond donors (Lipinski definition) is 2. The van der Waals surface area contributed by atoms with Gasteiger partial charge in [-0.05, 0) is 32.0 Å². The molecule has 0 aliphatic carbocycles. The summed E-state index contributed by atoms with van der Waals surface area (Å²) in [6.45, 7) is 4.28. The third-order valence-corrected chi connectivity index (χ3v) is 3.62. The van der Waals surface area contributed by atoms with Gasteiger partial charge in [-0.15, -0.1) is 11.8 Å². The minimum atomic E-state index is -0.183. The van der Waals surface area contributed by atoms with E-state index >= 15 is 0 Å². The molecule has 6 nitrogen and oxygen atoms in total. The van der Waals surface area contributed by atoms with E-state index in [1.807, 2.05) is 13.0 Å². The zero-order valence-electron chi connectivity index (χ0n) is 11.9. The first-order valence-corrected chi connectivity index (χ1v) is 7.45. The molecule has 0 aliphatic heterocycles. The van der Waals surface area contributed by atoms with E-state index in [4.69, 9.17) is 15.0 Å². The highest BCUT2D eigenvalue weighted by Crippen LogP contribution is 2.29. The third kappa shape index (κ3) is 4.42. The molecule has 0 saturated carbocycles. The lowest BCUT2D eigenvalue weighted by atomic mass is 10.3. The van der Waals surface area contributed by atoms with Gasteiger partial charge in [-0.1, -0.05) is 5.16 Å². The van der Waals surface area contributed by atoms with Crippen LogP contribution in [0.5, 0.6) is 5.75 Å². The zero-order chi connectivity index (χ0) is 15.2. The monoisotopic (exact) mass is 307 g/mol. The molecule has 0 aliphatic rings. The molecule has 1 amide bonds. The summed E-state index contributed by atoms with van der Waals surface area (Å²) >= 11 is 1.34. The summed E-state index contributed by atoms with van der Waals surface area (Å²) in [6.07, 6.45) is 0. The number of nitrogens with two attached hydrogens (primary N) is 1. The van der Waals surface area contributed by atoms with E-state index < -0.39 is 0 Å². The second kappa shape index (κ2) is 7.03. The minimum Gasteiger partial charge on any atom is -0.494 e. The molecule has 1 aromatic heterocycles. The van der Waals surface area contributed by atoms with Crippen LogP contribution in [0.15, 0.2) is 33.7 Å². The minimum absolute atomic E-state index is 0.183. The third-order valence-electron chi connectivity index (χ3n) is 2.55. The lowest BCUT2D eigenvalue weighted by Gasteiger charge is -2.08. The largest absolute Gasteiger partial charge is 0.494 e.